The lowest BCUT2D eigenvalue weighted by Gasteiger charge is -2.16. The molecule has 1 atom stereocenters. The summed E-state index contributed by atoms with van der Waals surface area (Å²) in [6.45, 7) is 0. The number of benzene rings is 2. The van der Waals surface area contributed by atoms with E-state index in [0.717, 1.165) is 6.26 Å². The van der Waals surface area contributed by atoms with Gasteiger partial charge in [0.15, 0.2) is 5.78 Å². The molecule has 1 unspecified atom stereocenters. The molecule has 0 aliphatic heterocycles. The van der Waals surface area contributed by atoms with Crippen molar-refractivity contribution in [3.63, 3.8) is 0 Å². The molecule has 104 valence electrons. The van der Waals surface area contributed by atoms with E-state index in [1.807, 2.05) is 6.07 Å². The second-order valence-corrected chi connectivity index (χ2v) is 6.24. The number of Topliss-reactive ketones (excluding diaryl/α,β-unsaturated/α-hetero) is 1. The van der Waals surface area contributed by atoms with Crippen LogP contribution in [0.1, 0.15) is 22.0 Å². The van der Waals surface area contributed by atoms with Crippen LogP contribution in [0.4, 0.5) is 0 Å². The summed E-state index contributed by atoms with van der Waals surface area (Å²) in [7, 11) is -3.50. The van der Waals surface area contributed by atoms with Gasteiger partial charge in [0.2, 0.25) is 10.0 Å². The van der Waals surface area contributed by atoms with Crippen LogP contribution in [0.2, 0.25) is 0 Å². The fourth-order valence-corrected chi connectivity index (χ4v) is 2.57. The zero-order valence-electron chi connectivity index (χ0n) is 11.0. The van der Waals surface area contributed by atoms with Crippen LogP contribution in [0, 0.1) is 0 Å². The summed E-state index contributed by atoms with van der Waals surface area (Å²) < 4.78 is 25.4. The Bertz CT molecular complexity index is 682. The molecular weight excluding hydrogens is 274 g/mol. The van der Waals surface area contributed by atoms with Gasteiger partial charge in [-0.2, -0.15) is 0 Å². The van der Waals surface area contributed by atoms with Crippen LogP contribution in [0.3, 0.4) is 0 Å². The van der Waals surface area contributed by atoms with E-state index in [-0.39, 0.29) is 5.78 Å². The average Bonchev–Trinajstić information content (AvgIpc) is 2.45. The van der Waals surface area contributed by atoms with Gasteiger partial charge in [-0.05, 0) is 5.56 Å². The number of hydrogen-bond donors (Lipinski definition) is 1. The van der Waals surface area contributed by atoms with Gasteiger partial charge in [0.05, 0.1) is 6.26 Å². The maximum atomic E-state index is 12.5. The normalized spacial score (nSPS) is 12.8. The number of rotatable bonds is 5. The summed E-state index contributed by atoms with van der Waals surface area (Å²) in [5.74, 6) is -0.276. The molecule has 0 aliphatic rings. The van der Waals surface area contributed by atoms with Crippen molar-refractivity contribution >= 4 is 15.8 Å². The molecule has 2 aromatic carbocycles. The number of carbonyl (C=O) groups is 1. The lowest BCUT2D eigenvalue weighted by atomic mass is 9.98. The van der Waals surface area contributed by atoms with Gasteiger partial charge in [0, 0.05) is 5.56 Å². The van der Waals surface area contributed by atoms with Crippen LogP contribution in [0.5, 0.6) is 0 Å². The van der Waals surface area contributed by atoms with Gasteiger partial charge >= 0.3 is 0 Å². The third-order valence-corrected chi connectivity index (χ3v) is 3.45. The highest BCUT2D eigenvalue weighted by atomic mass is 32.2. The fourth-order valence-electron chi connectivity index (χ4n) is 1.90. The largest absolute Gasteiger partial charge is 0.292 e. The maximum absolute atomic E-state index is 12.5. The van der Waals surface area contributed by atoms with E-state index in [4.69, 9.17) is 0 Å². The average molecular weight is 289 g/mol. The minimum Gasteiger partial charge on any atom is -0.292 e. The maximum Gasteiger partial charge on any atom is 0.209 e. The van der Waals surface area contributed by atoms with E-state index in [9.17, 15) is 13.2 Å². The van der Waals surface area contributed by atoms with E-state index in [2.05, 4.69) is 4.72 Å². The molecule has 1 N–H and O–H groups in total. The zero-order chi connectivity index (χ0) is 14.6. The highest BCUT2D eigenvalue weighted by Gasteiger charge is 2.24. The highest BCUT2D eigenvalue weighted by molar-refractivity contribution is 7.88. The van der Waals surface area contributed by atoms with Crippen LogP contribution in [0.15, 0.2) is 60.7 Å². The summed E-state index contributed by atoms with van der Waals surface area (Å²) >= 11 is 0. The topological polar surface area (TPSA) is 63.2 Å². The Kier molecular flexibility index (Phi) is 4.32. The Hall–Kier alpha value is -1.98. The molecule has 4 nitrogen and oxygen atoms in total. The van der Waals surface area contributed by atoms with E-state index < -0.39 is 16.1 Å². The Morgan fingerprint density at radius 3 is 1.95 bits per heavy atom. The summed E-state index contributed by atoms with van der Waals surface area (Å²) in [6, 6.07) is 16.5. The third kappa shape index (κ3) is 3.76. The van der Waals surface area contributed by atoms with Gasteiger partial charge in [0.25, 0.3) is 0 Å². The van der Waals surface area contributed by atoms with Gasteiger partial charge in [-0.25, -0.2) is 13.1 Å². The molecule has 0 saturated carbocycles. The number of ketones is 1. The quantitative estimate of drug-likeness (QED) is 0.858. The number of hydrogen-bond acceptors (Lipinski definition) is 3. The van der Waals surface area contributed by atoms with Crippen LogP contribution in [-0.2, 0) is 10.0 Å². The molecule has 2 rings (SSSR count). The summed E-state index contributed by atoms with van der Waals surface area (Å²) in [5.41, 5.74) is 1.09. The molecular formula is C15H15NO3S. The minimum atomic E-state index is -3.50. The Morgan fingerprint density at radius 2 is 1.45 bits per heavy atom. The zero-order valence-corrected chi connectivity index (χ0v) is 11.8. The summed E-state index contributed by atoms with van der Waals surface area (Å²) in [4.78, 5) is 12.5. The molecule has 0 fully saturated rings. The predicted octanol–water partition coefficient (Wildman–Crippen LogP) is 2.16. The molecule has 0 spiro atoms. The van der Waals surface area contributed by atoms with Crippen LogP contribution in [-0.4, -0.2) is 20.5 Å². The minimum absolute atomic E-state index is 0.276. The SMILES string of the molecule is CS(=O)(=O)NC(C(=O)c1ccccc1)c1ccccc1. The van der Waals surface area contributed by atoms with Crippen molar-refractivity contribution in [1.82, 2.24) is 4.72 Å². The summed E-state index contributed by atoms with van der Waals surface area (Å²) in [5, 5.41) is 0. The molecule has 2 aromatic rings. The van der Waals surface area contributed by atoms with Crippen molar-refractivity contribution in [2.24, 2.45) is 0 Å². The lowest BCUT2D eigenvalue weighted by Crippen LogP contribution is -2.33. The van der Waals surface area contributed by atoms with Crippen molar-refractivity contribution in [1.29, 1.82) is 0 Å². The van der Waals surface area contributed by atoms with E-state index in [0.29, 0.717) is 11.1 Å². The van der Waals surface area contributed by atoms with Crippen LogP contribution in [0.25, 0.3) is 0 Å². The molecule has 0 saturated heterocycles. The number of nitrogens with one attached hydrogen (secondary N) is 1. The van der Waals surface area contributed by atoms with Gasteiger partial charge < -0.3 is 0 Å². The number of carbonyl (C=O) groups excluding carboxylic acids is 1. The molecule has 0 bridgehead atoms. The molecule has 0 aromatic heterocycles. The monoisotopic (exact) mass is 289 g/mol. The van der Waals surface area contributed by atoms with Crippen molar-refractivity contribution in [3.05, 3.63) is 71.8 Å². The Balaban J connectivity index is 2.40. The smallest absolute Gasteiger partial charge is 0.209 e. The molecule has 5 heteroatoms. The van der Waals surface area contributed by atoms with Gasteiger partial charge in [-0.3, -0.25) is 4.79 Å². The van der Waals surface area contributed by atoms with Crippen molar-refractivity contribution in [3.8, 4) is 0 Å². The first-order chi connectivity index (χ1) is 9.47. The number of sulfonamides is 1. The molecule has 0 radical (unpaired) electrons. The van der Waals surface area contributed by atoms with E-state index >= 15 is 0 Å². The van der Waals surface area contributed by atoms with Gasteiger partial charge in [-0.1, -0.05) is 60.7 Å². The molecule has 0 aliphatic carbocycles. The van der Waals surface area contributed by atoms with Crippen molar-refractivity contribution in [2.45, 2.75) is 6.04 Å². The van der Waals surface area contributed by atoms with E-state index in [1.165, 1.54) is 0 Å². The van der Waals surface area contributed by atoms with Gasteiger partial charge in [0.1, 0.15) is 6.04 Å². The second kappa shape index (κ2) is 5.98. The Morgan fingerprint density at radius 1 is 0.950 bits per heavy atom. The highest BCUT2D eigenvalue weighted by Crippen LogP contribution is 2.19. The van der Waals surface area contributed by atoms with E-state index in [1.54, 1.807) is 54.6 Å². The fraction of sp³-hybridized carbons (Fsp3) is 0.133. The molecule has 0 amide bonds. The molecule has 0 heterocycles. The van der Waals surface area contributed by atoms with Crippen LogP contribution >= 0.6 is 0 Å². The van der Waals surface area contributed by atoms with Crippen molar-refractivity contribution < 1.29 is 13.2 Å². The Labute approximate surface area is 118 Å². The predicted molar refractivity (Wildman–Crippen MR) is 77.9 cm³/mol. The van der Waals surface area contributed by atoms with Crippen LogP contribution < -0.4 is 4.72 Å². The first-order valence-corrected chi connectivity index (χ1v) is 7.98. The van der Waals surface area contributed by atoms with Gasteiger partial charge in [-0.15, -0.1) is 0 Å². The summed E-state index contributed by atoms with van der Waals surface area (Å²) in [6.07, 6.45) is 1.04. The first kappa shape index (κ1) is 14.4. The molecule has 20 heavy (non-hydrogen) atoms. The lowest BCUT2D eigenvalue weighted by molar-refractivity contribution is 0.0953. The second-order valence-electron chi connectivity index (χ2n) is 4.46. The first-order valence-electron chi connectivity index (χ1n) is 6.09. The third-order valence-electron chi connectivity index (χ3n) is 2.79. The van der Waals surface area contributed by atoms with Crippen molar-refractivity contribution in [2.75, 3.05) is 6.26 Å². The standard InChI is InChI=1S/C15H15NO3S/c1-20(18,19)16-14(12-8-4-2-5-9-12)15(17)13-10-6-3-7-11-13/h2-11,14,16H,1H3.